The lowest BCUT2D eigenvalue weighted by Gasteiger charge is -2.22. The zero-order chi connectivity index (χ0) is 23.2. The van der Waals surface area contributed by atoms with Gasteiger partial charge in [0.2, 0.25) is 11.8 Å². The number of carbonyl (C=O) groups is 4. The number of amides is 3. The molecule has 1 aliphatic heterocycles. The van der Waals surface area contributed by atoms with E-state index in [-0.39, 0.29) is 30.5 Å². The van der Waals surface area contributed by atoms with Crippen molar-refractivity contribution in [2.45, 2.75) is 51.8 Å². The molecule has 11 heteroatoms. The molecule has 0 aliphatic carbocycles. The van der Waals surface area contributed by atoms with E-state index in [0.29, 0.717) is 18.8 Å². The highest BCUT2D eigenvalue weighted by molar-refractivity contribution is 5.98. The highest BCUT2D eigenvalue weighted by Gasteiger charge is 2.50. The fourth-order valence-electron chi connectivity index (χ4n) is 2.91. The second kappa shape index (κ2) is 10.5. The zero-order valence-corrected chi connectivity index (χ0v) is 18.4. The number of rotatable bonds is 12. The molecule has 1 saturated heterocycles. The summed E-state index contributed by atoms with van der Waals surface area (Å²) in [5, 5.41) is 11.2. The summed E-state index contributed by atoms with van der Waals surface area (Å²) < 4.78 is 15.0. The fraction of sp³-hybridized carbons (Fsp3) is 0.650. The van der Waals surface area contributed by atoms with Crippen LogP contribution >= 0.6 is 0 Å². The van der Waals surface area contributed by atoms with Gasteiger partial charge in [-0.2, -0.15) is 0 Å². The summed E-state index contributed by atoms with van der Waals surface area (Å²) in [5.41, 5.74) is -0.835. The first-order valence-corrected chi connectivity index (χ1v) is 10.0. The van der Waals surface area contributed by atoms with Gasteiger partial charge in [-0.25, -0.2) is 0 Å². The van der Waals surface area contributed by atoms with Crippen LogP contribution in [0.4, 0.5) is 0 Å². The molecule has 1 fully saturated rings. The van der Waals surface area contributed by atoms with E-state index < -0.39 is 35.4 Å². The molecule has 0 spiro atoms. The largest absolute Gasteiger partial charge is 0.382 e. The quantitative estimate of drug-likeness (QED) is 0.377. The minimum absolute atomic E-state index is 0.0231. The van der Waals surface area contributed by atoms with Crippen LogP contribution in [0.5, 0.6) is 0 Å². The van der Waals surface area contributed by atoms with E-state index in [1.54, 1.807) is 13.8 Å². The molecule has 3 amide bonds. The molecule has 3 atom stereocenters. The Morgan fingerprint density at radius 3 is 2.42 bits per heavy atom. The minimum atomic E-state index is -1.05. The maximum absolute atomic E-state index is 12.6. The molecule has 31 heavy (non-hydrogen) atoms. The Morgan fingerprint density at radius 2 is 1.90 bits per heavy atom. The third-order valence-electron chi connectivity index (χ3n) is 4.70. The van der Waals surface area contributed by atoms with Crippen LogP contribution in [-0.4, -0.2) is 73.2 Å². The molecule has 1 aromatic rings. The number of nitrogens with one attached hydrogen (secondary N) is 3. The van der Waals surface area contributed by atoms with E-state index in [9.17, 15) is 19.2 Å². The van der Waals surface area contributed by atoms with Crippen LogP contribution in [-0.2, 0) is 23.9 Å². The Kier molecular flexibility index (Phi) is 8.28. The molecular formula is C20H30N4O7. The lowest BCUT2D eigenvalue weighted by Crippen LogP contribution is -2.53. The van der Waals surface area contributed by atoms with Crippen LogP contribution in [0.3, 0.4) is 0 Å². The summed E-state index contributed by atoms with van der Waals surface area (Å²) in [4.78, 5) is 49.6. The average molecular weight is 438 g/mol. The first-order valence-electron chi connectivity index (χ1n) is 10.0. The van der Waals surface area contributed by atoms with Gasteiger partial charge in [0.05, 0.1) is 25.8 Å². The second-order valence-corrected chi connectivity index (χ2v) is 8.16. The predicted octanol–water partition coefficient (Wildman–Crippen LogP) is -0.267. The van der Waals surface area contributed by atoms with E-state index in [1.165, 1.54) is 13.2 Å². The lowest BCUT2D eigenvalue weighted by molar-refractivity contribution is -0.131. The van der Waals surface area contributed by atoms with Crippen LogP contribution in [0.15, 0.2) is 10.6 Å². The number of nitrogens with zero attached hydrogens (tertiary/aromatic N) is 1. The standard InChI is InChI=1S/C20H30N4O7/c1-11(2)6-13(17(26)20(4)10-30-20)22-16(25)8-21-18(27)15(9-29-5)23-19(28)14-7-12(3)31-24-14/h7,11,13,15H,6,8-10H2,1-5H3,(H,21,27)(H,22,25)(H,23,28)/t13?,15?,20-/m1/s1. The molecule has 0 aromatic carbocycles. The smallest absolute Gasteiger partial charge is 0.274 e. The maximum atomic E-state index is 12.6. The molecule has 2 heterocycles. The number of ether oxygens (including phenoxy) is 2. The van der Waals surface area contributed by atoms with Gasteiger partial charge < -0.3 is 29.9 Å². The molecule has 2 rings (SSSR count). The van der Waals surface area contributed by atoms with Crippen molar-refractivity contribution < 1.29 is 33.2 Å². The van der Waals surface area contributed by atoms with Crippen molar-refractivity contribution in [3.8, 4) is 0 Å². The molecule has 2 unspecified atom stereocenters. The Labute approximate surface area is 180 Å². The predicted molar refractivity (Wildman–Crippen MR) is 108 cm³/mol. The van der Waals surface area contributed by atoms with Gasteiger partial charge in [0.25, 0.3) is 5.91 Å². The van der Waals surface area contributed by atoms with Crippen molar-refractivity contribution in [2.75, 3.05) is 26.9 Å². The number of hydrogen-bond acceptors (Lipinski definition) is 8. The van der Waals surface area contributed by atoms with Gasteiger partial charge in [0.1, 0.15) is 17.4 Å². The summed E-state index contributed by atoms with van der Waals surface area (Å²) in [7, 11) is 1.38. The third-order valence-corrected chi connectivity index (χ3v) is 4.70. The highest BCUT2D eigenvalue weighted by atomic mass is 16.6. The van der Waals surface area contributed by atoms with Gasteiger partial charge in [-0.1, -0.05) is 19.0 Å². The molecule has 11 nitrogen and oxygen atoms in total. The van der Waals surface area contributed by atoms with Gasteiger partial charge in [-0.05, 0) is 26.2 Å². The van der Waals surface area contributed by atoms with Crippen molar-refractivity contribution in [1.29, 1.82) is 0 Å². The fourth-order valence-corrected chi connectivity index (χ4v) is 2.91. The third kappa shape index (κ3) is 7.14. The lowest BCUT2D eigenvalue weighted by atomic mass is 9.93. The van der Waals surface area contributed by atoms with Crippen LogP contribution in [0, 0.1) is 12.8 Å². The minimum Gasteiger partial charge on any atom is -0.382 e. The first kappa shape index (κ1) is 24.5. The Balaban J connectivity index is 1.90. The van der Waals surface area contributed by atoms with E-state index in [1.807, 2.05) is 13.8 Å². The Morgan fingerprint density at radius 1 is 1.23 bits per heavy atom. The van der Waals surface area contributed by atoms with Crippen molar-refractivity contribution in [3.63, 3.8) is 0 Å². The molecule has 0 saturated carbocycles. The zero-order valence-electron chi connectivity index (χ0n) is 18.4. The van der Waals surface area contributed by atoms with Gasteiger partial charge in [0.15, 0.2) is 11.5 Å². The molecule has 0 bridgehead atoms. The van der Waals surface area contributed by atoms with E-state index >= 15 is 0 Å². The molecule has 1 aliphatic rings. The second-order valence-electron chi connectivity index (χ2n) is 8.16. The number of epoxide rings is 1. The van der Waals surface area contributed by atoms with Crippen molar-refractivity contribution in [3.05, 3.63) is 17.5 Å². The molecule has 3 N–H and O–H groups in total. The molecule has 0 radical (unpaired) electrons. The van der Waals surface area contributed by atoms with Crippen molar-refractivity contribution >= 4 is 23.5 Å². The summed E-state index contributed by atoms with van der Waals surface area (Å²) >= 11 is 0. The SMILES string of the molecule is COCC(NC(=O)c1cc(C)on1)C(=O)NCC(=O)NC(CC(C)C)C(=O)[C@@]1(C)CO1. The number of methoxy groups -OCH3 is 1. The summed E-state index contributed by atoms with van der Waals surface area (Å²) in [6.07, 6.45) is 0.455. The first-order chi connectivity index (χ1) is 14.6. The van der Waals surface area contributed by atoms with Gasteiger partial charge in [-0.3, -0.25) is 19.2 Å². The van der Waals surface area contributed by atoms with E-state index in [2.05, 4.69) is 21.1 Å². The number of aromatic nitrogens is 1. The number of Topliss-reactive ketones (excluding diaryl/α,β-unsaturated/α-hetero) is 1. The summed E-state index contributed by atoms with van der Waals surface area (Å²) in [6.45, 7) is 7.06. The van der Waals surface area contributed by atoms with Crippen molar-refractivity contribution in [1.82, 2.24) is 21.1 Å². The Bertz CT molecular complexity index is 816. The van der Waals surface area contributed by atoms with Crippen LogP contribution in [0.2, 0.25) is 0 Å². The topological polar surface area (TPSA) is 152 Å². The van der Waals surface area contributed by atoms with Crippen LogP contribution in [0.1, 0.15) is 43.4 Å². The van der Waals surface area contributed by atoms with Crippen LogP contribution < -0.4 is 16.0 Å². The van der Waals surface area contributed by atoms with Gasteiger partial charge in [0, 0.05) is 13.2 Å². The highest BCUT2D eigenvalue weighted by Crippen LogP contribution is 2.29. The molecule has 172 valence electrons. The average Bonchev–Trinajstić information content (AvgIpc) is 3.30. The maximum Gasteiger partial charge on any atom is 0.274 e. The van der Waals surface area contributed by atoms with Crippen molar-refractivity contribution in [2.24, 2.45) is 5.92 Å². The number of ketones is 1. The van der Waals surface area contributed by atoms with E-state index in [4.69, 9.17) is 14.0 Å². The normalized spacial score (nSPS) is 19.4. The number of carbonyl (C=O) groups excluding carboxylic acids is 4. The Hall–Kier alpha value is -2.79. The molecule has 1 aromatic heterocycles. The molecular weight excluding hydrogens is 408 g/mol. The number of hydrogen-bond donors (Lipinski definition) is 3. The summed E-state index contributed by atoms with van der Waals surface area (Å²) in [5.74, 6) is -1.31. The summed E-state index contributed by atoms with van der Waals surface area (Å²) in [6, 6.07) is -0.323. The van der Waals surface area contributed by atoms with Gasteiger partial charge in [-0.15, -0.1) is 0 Å². The van der Waals surface area contributed by atoms with Gasteiger partial charge >= 0.3 is 0 Å². The number of aryl methyl sites for hydroxylation is 1. The van der Waals surface area contributed by atoms with E-state index in [0.717, 1.165) is 0 Å². The monoisotopic (exact) mass is 438 g/mol. The van der Waals surface area contributed by atoms with Crippen LogP contribution in [0.25, 0.3) is 0 Å².